The molecule has 1 aliphatic heterocycles. The molecule has 0 bridgehead atoms. The summed E-state index contributed by atoms with van der Waals surface area (Å²) in [4.78, 5) is 28.2. The fraction of sp³-hybridized carbons (Fsp3) is 0.315. The highest BCUT2D eigenvalue weighted by atomic mass is 31.2. The van der Waals surface area contributed by atoms with Crippen molar-refractivity contribution in [3.8, 4) is 17.6 Å². The first-order valence-electron chi connectivity index (χ1n) is 22.6. The maximum absolute atomic E-state index is 14.2. The van der Waals surface area contributed by atoms with Crippen LogP contribution in [0.1, 0.15) is 80.5 Å². The van der Waals surface area contributed by atoms with Crippen LogP contribution in [0, 0.1) is 11.3 Å². The van der Waals surface area contributed by atoms with Crippen LogP contribution in [0.15, 0.2) is 163 Å². The second-order valence-corrected chi connectivity index (χ2v) is 18.2. The van der Waals surface area contributed by atoms with Gasteiger partial charge in [0.25, 0.3) is 14.1 Å². The Morgan fingerprint density at radius 3 is 1.81 bits per heavy atom. The van der Waals surface area contributed by atoms with Gasteiger partial charge in [-0.3, -0.25) is 14.2 Å². The summed E-state index contributed by atoms with van der Waals surface area (Å²) in [6.45, 7) is 8.55. The summed E-state index contributed by atoms with van der Waals surface area (Å²) < 4.78 is 42.5. The lowest BCUT2D eigenvalue weighted by atomic mass is 9.80. The van der Waals surface area contributed by atoms with Crippen LogP contribution in [0.3, 0.4) is 0 Å². The first kappa shape index (κ1) is 48.8. The molecule has 1 saturated heterocycles. The standard InChI is InChI=1S/C54H59N4O8P/c1-38(2)58(39(3)4)67(64-34-16-32-55)66-48-36-51(57-33-31-45(35-50(57)59)56-53(60)52(40-17-10-7-11-18-40)41-19-12-8-13-20-41)65-49(48)37-63-54(42-21-14-9-15-22-42,43-23-27-46(61-5)28-24-43)44-25-29-47(62-6)30-26-44/h7-15,17-31,33,35,38-39,48-49,51-52H,16,34,36-37H2,1-6H3,(H,56,60)/t48-,49+,51+,67?/m0/s1. The minimum Gasteiger partial charge on any atom is -0.497 e. The molecule has 1 N–H and O–H groups in total. The van der Waals surface area contributed by atoms with Crippen molar-refractivity contribution in [3.63, 3.8) is 0 Å². The van der Waals surface area contributed by atoms with E-state index in [0.29, 0.717) is 17.2 Å². The number of ether oxygens (including phenoxy) is 4. The average molecular weight is 923 g/mol. The van der Waals surface area contributed by atoms with E-state index >= 15 is 0 Å². The van der Waals surface area contributed by atoms with Crippen molar-refractivity contribution in [2.45, 2.75) is 82.6 Å². The van der Waals surface area contributed by atoms with Gasteiger partial charge in [-0.15, -0.1) is 0 Å². The second-order valence-electron chi connectivity index (χ2n) is 16.8. The molecule has 6 aromatic rings. The largest absolute Gasteiger partial charge is 0.497 e. The number of carbonyl (C=O) groups is 1. The minimum absolute atomic E-state index is 0.0299. The van der Waals surface area contributed by atoms with E-state index in [0.717, 1.165) is 27.8 Å². The molecule has 0 radical (unpaired) electrons. The van der Waals surface area contributed by atoms with Gasteiger partial charge < -0.3 is 33.3 Å². The minimum atomic E-state index is -1.71. The third-order valence-corrected chi connectivity index (χ3v) is 13.9. The Hall–Kier alpha value is -6.16. The summed E-state index contributed by atoms with van der Waals surface area (Å²) in [7, 11) is 1.56. The number of anilines is 1. The molecule has 7 rings (SSSR count). The first-order valence-corrected chi connectivity index (χ1v) is 23.7. The number of hydrogen-bond acceptors (Lipinski definition) is 10. The fourth-order valence-corrected chi connectivity index (χ4v) is 10.4. The molecule has 2 heterocycles. The van der Waals surface area contributed by atoms with Gasteiger partial charge in [0.15, 0.2) is 0 Å². The molecule has 1 aromatic heterocycles. The summed E-state index contributed by atoms with van der Waals surface area (Å²) in [5, 5.41) is 12.5. The molecule has 5 aromatic carbocycles. The van der Waals surface area contributed by atoms with Gasteiger partial charge in [-0.2, -0.15) is 5.26 Å². The summed E-state index contributed by atoms with van der Waals surface area (Å²) in [6, 6.07) is 50.2. The second kappa shape index (κ2) is 23.0. The zero-order chi connectivity index (χ0) is 47.3. The van der Waals surface area contributed by atoms with Gasteiger partial charge in [-0.1, -0.05) is 115 Å². The molecule has 13 heteroatoms. The predicted octanol–water partition coefficient (Wildman–Crippen LogP) is 10.6. The van der Waals surface area contributed by atoms with Gasteiger partial charge in [0.05, 0.1) is 51.9 Å². The molecule has 0 saturated carbocycles. The Morgan fingerprint density at radius 1 is 0.791 bits per heavy atom. The quantitative estimate of drug-likeness (QED) is 0.0422. The lowest BCUT2D eigenvalue weighted by Crippen LogP contribution is -2.39. The summed E-state index contributed by atoms with van der Waals surface area (Å²) in [5.41, 5.74) is 3.07. The van der Waals surface area contributed by atoms with Gasteiger partial charge >= 0.3 is 0 Å². The predicted molar refractivity (Wildman–Crippen MR) is 261 cm³/mol. The number of hydrogen-bond donors (Lipinski definition) is 1. The number of rotatable bonds is 21. The molecule has 1 unspecified atom stereocenters. The van der Waals surface area contributed by atoms with E-state index in [1.54, 1.807) is 26.5 Å². The van der Waals surface area contributed by atoms with E-state index in [1.165, 1.54) is 10.6 Å². The van der Waals surface area contributed by atoms with Gasteiger partial charge in [-0.25, -0.2) is 4.67 Å². The van der Waals surface area contributed by atoms with Crippen molar-refractivity contribution in [3.05, 3.63) is 196 Å². The molecule has 67 heavy (non-hydrogen) atoms. The number of methoxy groups -OCH3 is 2. The SMILES string of the molecule is COc1ccc(C(OC[C@H]2O[C@@H](n3ccc(NC(=O)C(c4ccccc4)c4ccccc4)cc3=O)C[C@@H]2OP(OCCC#N)N(C(C)C)C(C)C)(c2ccccc2)c2ccc(OC)cc2)cc1. The fourth-order valence-electron chi connectivity index (χ4n) is 8.63. The third kappa shape index (κ3) is 11.5. The normalized spacial score (nSPS) is 16.6. The molecule has 1 aliphatic rings. The number of nitriles is 1. The monoisotopic (exact) mass is 922 g/mol. The molecule has 0 spiro atoms. The van der Waals surface area contributed by atoms with E-state index < -0.39 is 38.5 Å². The van der Waals surface area contributed by atoms with Crippen molar-refractivity contribution >= 4 is 20.1 Å². The van der Waals surface area contributed by atoms with Crippen LogP contribution in [0.5, 0.6) is 11.5 Å². The summed E-state index contributed by atoms with van der Waals surface area (Å²) in [6.07, 6.45) is 0.0143. The van der Waals surface area contributed by atoms with Crippen LogP contribution in [0.25, 0.3) is 0 Å². The van der Waals surface area contributed by atoms with Crippen LogP contribution in [0.4, 0.5) is 5.69 Å². The average Bonchev–Trinajstić information content (AvgIpc) is 3.74. The van der Waals surface area contributed by atoms with Gasteiger partial charge in [0.1, 0.15) is 29.4 Å². The lowest BCUT2D eigenvalue weighted by molar-refractivity contribution is -0.116. The van der Waals surface area contributed by atoms with Crippen LogP contribution in [-0.4, -0.2) is 66.9 Å². The van der Waals surface area contributed by atoms with E-state index in [-0.39, 0.29) is 49.6 Å². The summed E-state index contributed by atoms with van der Waals surface area (Å²) >= 11 is 0. The molecule has 0 aliphatic carbocycles. The molecule has 1 amide bonds. The van der Waals surface area contributed by atoms with Gasteiger partial charge in [0, 0.05) is 36.5 Å². The van der Waals surface area contributed by atoms with Crippen LogP contribution >= 0.6 is 8.53 Å². The Kier molecular flexibility index (Phi) is 16.8. The highest BCUT2D eigenvalue weighted by Gasteiger charge is 2.45. The first-order chi connectivity index (χ1) is 32.6. The molecule has 12 nitrogen and oxygen atoms in total. The zero-order valence-electron chi connectivity index (χ0n) is 38.9. The maximum atomic E-state index is 14.2. The molecule has 348 valence electrons. The van der Waals surface area contributed by atoms with Crippen molar-refractivity contribution in [1.82, 2.24) is 9.24 Å². The Morgan fingerprint density at radius 2 is 1.31 bits per heavy atom. The highest BCUT2D eigenvalue weighted by molar-refractivity contribution is 7.44. The van der Waals surface area contributed by atoms with E-state index in [2.05, 4.69) is 43.8 Å². The molecule has 4 atom stereocenters. The molecular formula is C54H59N4O8P. The molecular weight excluding hydrogens is 864 g/mol. The van der Waals surface area contributed by atoms with Crippen LogP contribution in [0.2, 0.25) is 0 Å². The number of pyridine rings is 1. The highest BCUT2D eigenvalue weighted by Crippen LogP contribution is 2.51. The number of aromatic nitrogens is 1. The summed E-state index contributed by atoms with van der Waals surface area (Å²) in [5.74, 6) is 0.534. The zero-order valence-corrected chi connectivity index (χ0v) is 39.8. The van der Waals surface area contributed by atoms with E-state index in [4.69, 9.17) is 28.0 Å². The number of nitrogens with one attached hydrogen (secondary N) is 1. The number of nitrogens with zero attached hydrogens (tertiary/aromatic N) is 3. The Balaban J connectivity index is 1.24. The lowest BCUT2D eigenvalue weighted by Gasteiger charge is -2.39. The van der Waals surface area contributed by atoms with Crippen molar-refractivity contribution in [2.75, 3.05) is 32.8 Å². The van der Waals surface area contributed by atoms with Gasteiger partial charge in [0.2, 0.25) is 5.91 Å². The molecule has 1 fully saturated rings. The van der Waals surface area contributed by atoms with E-state index in [1.807, 2.05) is 140 Å². The van der Waals surface area contributed by atoms with Crippen LogP contribution in [-0.2, 0) is 28.9 Å². The topological polar surface area (TPSA) is 134 Å². The Labute approximate surface area is 395 Å². The van der Waals surface area contributed by atoms with Crippen molar-refractivity contribution in [1.29, 1.82) is 5.26 Å². The smallest absolute Gasteiger partial charge is 0.259 e. The number of carbonyl (C=O) groups excluding carboxylic acids is 1. The van der Waals surface area contributed by atoms with Crippen molar-refractivity contribution in [2.24, 2.45) is 0 Å². The van der Waals surface area contributed by atoms with Crippen LogP contribution < -0.4 is 20.3 Å². The van der Waals surface area contributed by atoms with Crippen molar-refractivity contribution < 1.29 is 32.8 Å². The Bertz CT molecular complexity index is 2490. The maximum Gasteiger partial charge on any atom is 0.259 e. The van der Waals surface area contributed by atoms with E-state index in [9.17, 15) is 14.9 Å². The number of benzene rings is 5. The van der Waals surface area contributed by atoms with Gasteiger partial charge in [-0.05, 0) is 85.8 Å². The third-order valence-electron chi connectivity index (χ3n) is 11.8. The number of amides is 1.